The van der Waals surface area contributed by atoms with Crippen molar-refractivity contribution in [3.8, 4) is 11.5 Å². The third-order valence-electron chi connectivity index (χ3n) is 2.72. The van der Waals surface area contributed by atoms with Crippen molar-refractivity contribution in [2.75, 3.05) is 7.11 Å². The van der Waals surface area contributed by atoms with Crippen molar-refractivity contribution in [3.63, 3.8) is 0 Å². The van der Waals surface area contributed by atoms with E-state index < -0.39 is 0 Å². The predicted octanol–water partition coefficient (Wildman–Crippen LogP) is 2.93. The molecule has 21 heavy (non-hydrogen) atoms. The van der Waals surface area contributed by atoms with E-state index in [9.17, 15) is 9.90 Å². The van der Waals surface area contributed by atoms with Crippen LogP contribution in [0.2, 0.25) is 0 Å². The summed E-state index contributed by atoms with van der Waals surface area (Å²) in [5.74, 6) is 0.294. The normalized spacial score (nSPS) is 10.6. The molecule has 108 valence electrons. The van der Waals surface area contributed by atoms with Crippen LogP contribution in [0.1, 0.15) is 15.9 Å². The molecule has 0 atom stereocenters. The van der Waals surface area contributed by atoms with Gasteiger partial charge in [0.15, 0.2) is 0 Å². The van der Waals surface area contributed by atoms with Crippen LogP contribution >= 0.6 is 15.9 Å². The van der Waals surface area contributed by atoms with Crippen molar-refractivity contribution in [3.05, 3.63) is 58.1 Å². The molecular weight excluding hydrogens is 336 g/mol. The van der Waals surface area contributed by atoms with E-state index in [0.717, 1.165) is 0 Å². The summed E-state index contributed by atoms with van der Waals surface area (Å²) >= 11 is 3.29. The molecule has 0 fully saturated rings. The Bertz CT molecular complexity index is 686. The van der Waals surface area contributed by atoms with E-state index in [0.29, 0.717) is 21.3 Å². The summed E-state index contributed by atoms with van der Waals surface area (Å²) in [5.41, 5.74) is 3.32. The molecule has 0 aliphatic heterocycles. The van der Waals surface area contributed by atoms with Crippen molar-refractivity contribution in [2.45, 2.75) is 0 Å². The second-order valence-corrected chi connectivity index (χ2v) is 4.96. The van der Waals surface area contributed by atoms with Gasteiger partial charge in [0.25, 0.3) is 5.91 Å². The minimum atomic E-state index is -0.346. The molecule has 0 aromatic heterocycles. The number of carbonyl (C=O) groups excluding carboxylic acids is 1. The minimum Gasteiger partial charge on any atom is -0.507 e. The molecule has 2 aromatic carbocycles. The molecular formula is C15H13BrN2O3. The first-order valence-corrected chi connectivity index (χ1v) is 6.86. The van der Waals surface area contributed by atoms with Crippen molar-refractivity contribution >= 4 is 28.1 Å². The van der Waals surface area contributed by atoms with Crippen LogP contribution < -0.4 is 10.2 Å². The Morgan fingerprint density at radius 3 is 2.81 bits per heavy atom. The minimum absolute atomic E-state index is 0.0506. The molecule has 1 amide bonds. The average Bonchev–Trinajstić information content (AvgIpc) is 2.49. The molecule has 0 heterocycles. The summed E-state index contributed by atoms with van der Waals surface area (Å²) < 4.78 is 5.74. The van der Waals surface area contributed by atoms with E-state index in [-0.39, 0.29) is 11.7 Å². The molecule has 2 N–H and O–H groups in total. The van der Waals surface area contributed by atoms with Crippen LogP contribution in [-0.2, 0) is 0 Å². The number of methoxy groups -OCH3 is 1. The van der Waals surface area contributed by atoms with E-state index in [1.54, 1.807) is 30.3 Å². The van der Waals surface area contributed by atoms with Gasteiger partial charge in [-0.2, -0.15) is 5.10 Å². The fourth-order valence-corrected chi connectivity index (χ4v) is 2.09. The highest BCUT2D eigenvalue weighted by Crippen LogP contribution is 2.21. The van der Waals surface area contributed by atoms with Gasteiger partial charge in [-0.1, -0.05) is 12.1 Å². The molecule has 5 nitrogen and oxygen atoms in total. The Labute approximate surface area is 130 Å². The van der Waals surface area contributed by atoms with Crippen LogP contribution in [0.25, 0.3) is 0 Å². The van der Waals surface area contributed by atoms with E-state index in [4.69, 9.17) is 4.74 Å². The van der Waals surface area contributed by atoms with Crippen LogP contribution in [0.5, 0.6) is 11.5 Å². The summed E-state index contributed by atoms with van der Waals surface area (Å²) in [6.45, 7) is 0. The van der Waals surface area contributed by atoms with Crippen molar-refractivity contribution in [1.29, 1.82) is 0 Å². The molecule has 0 unspecified atom stereocenters. The Balaban J connectivity index is 2.09. The molecule has 2 aromatic rings. The second kappa shape index (κ2) is 6.90. The Morgan fingerprint density at radius 1 is 1.33 bits per heavy atom. The van der Waals surface area contributed by atoms with E-state index in [1.165, 1.54) is 19.4 Å². The highest BCUT2D eigenvalue weighted by molar-refractivity contribution is 9.10. The summed E-state index contributed by atoms with van der Waals surface area (Å²) in [7, 11) is 1.53. The number of amides is 1. The fourth-order valence-electron chi connectivity index (χ4n) is 1.63. The van der Waals surface area contributed by atoms with Crippen LogP contribution in [-0.4, -0.2) is 24.3 Å². The largest absolute Gasteiger partial charge is 0.507 e. The molecule has 0 radical (unpaired) electrons. The van der Waals surface area contributed by atoms with Crippen LogP contribution in [0.15, 0.2) is 52.0 Å². The second-order valence-electron chi connectivity index (χ2n) is 4.10. The van der Waals surface area contributed by atoms with Gasteiger partial charge in [-0.05, 0) is 46.3 Å². The number of hydrazone groups is 1. The zero-order valence-corrected chi connectivity index (χ0v) is 12.8. The Hall–Kier alpha value is -2.34. The molecule has 0 bridgehead atoms. The third kappa shape index (κ3) is 3.82. The van der Waals surface area contributed by atoms with Gasteiger partial charge in [-0.25, -0.2) is 5.43 Å². The molecule has 0 saturated heterocycles. The lowest BCUT2D eigenvalue weighted by Gasteiger charge is -2.04. The van der Waals surface area contributed by atoms with E-state index in [1.807, 2.05) is 6.07 Å². The number of nitrogens with one attached hydrogen (secondary N) is 1. The van der Waals surface area contributed by atoms with Crippen molar-refractivity contribution in [2.24, 2.45) is 5.10 Å². The Morgan fingerprint density at radius 2 is 2.10 bits per heavy atom. The number of phenols is 1. The summed E-state index contributed by atoms with van der Waals surface area (Å²) in [5, 5.41) is 13.5. The number of halogens is 1. The van der Waals surface area contributed by atoms with Crippen LogP contribution in [0.3, 0.4) is 0 Å². The zero-order valence-electron chi connectivity index (χ0n) is 11.2. The van der Waals surface area contributed by atoms with Crippen molar-refractivity contribution < 1.29 is 14.6 Å². The Kier molecular flexibility index (Phi) is 4.94. The molecule has 6 heteroatoms. The number of ether oxygens (including phenoxy) is 1. The number of hydrogen-bond donors (Lipinski definition) is 2. The number of aromatic hydroxyl groups is 1. The lowest BCUT2D eigenvalue weighted by molar-refractivity contribution is 0.0954. The molecule has 2 rings (SSSR count). The predicted molar refractivity (Wildman–Crippen MR) is 83.9 cm³/mol. The summed E-state index contributed by atoms with van der Waals surface area (Å²) in [4.78, 5) is 11.9. The molecule has 0 aliphatic rings. The summed E-state index contributed by atoms with van der Waals surface area (Å²) in [6, 6.07) is 11.8. The lowest BCUT2D eigenvalue weighted by atomic mass is 10.2. The molecule has 0 spiro atoms. The van der Waals surface area contributed by atoms with Gasteiger partial charge in [0, 0.05) is 10.0 Å². The van der Waals surface area contributed by atoms with Crippen LogP contribution in [0, 0.1) is 0 Å². The van der Waals surface area contributed by atoms with Gasteiger partial charge < -0.3 is 9.84 Å². The number of hydrogen-bond acceptors (Lipinski definition) is 4. The zero-order chi connectivity index (χ0) is 15.2. The van der Waals surface area contributed by atoms with Gasteiger partial charge >= 0.3 is 0 Å². The van der Waals surface area contributed by atoms with Gasteiger partial charge in [-0.15, -0.1) is 0 Å². The van der Waals surface area contributed by atoms with Gasteiger partial charge in [0.1, 0.15) is 11.5 Å². The van der Waals surface area contributed by atoms with Crippen LogP contribution in [0.4, 0.5) is 0 Å². The maximum absolute atomic E-state index is 11.9. The van der Waals surface area contributed by atoms with Gasteiger partial charge in [0.2, 0.25) is 0 Å². The maximum Gasteiger partial charge on any atom is 0.272 e. The fraction of sp³-hybridized carbons (Fsp3) is 0.0667. The highest BCUT2D eigenvalue weighted by atomic mass is 79.9. The summed E-state index contributed by atoms with van der Waals surface area (Å²) in [6.07, 6.45) is 1.35. The van der Waals surface area contributed by atoms with Crippen molar-refractivity contribution in [1.82, 2.24) is 5.43 Å². The highest BCUT2D eigenvalue weighted by Gasteiger charge is 2.07. The first-order chi connectivity index (χ1) is 10.1. The lowest BCUT2D eigenvalue weighted by Crippen LogP contribution is -2.18. The van der Waals surface area contributed by atoms with E-state index >= 15 is 0 Å². The maximum atomic E-state index is 11.9. The average molecular weight is 349 g/mol. The number of benzene rings is 2. The number of phenolic OH excluding ortho intramolecular Hbond substituents is 1. The monoisotopic (exact) mass is 348 g/mol. The SMILES string of the molecule is COc1ccc(O)c(/C=N\NC(=O)c2ccccc2Br)c1. The molecule has 0 aliphatic carbocycles. The molecule has 0 saturated carbocycles. The quantitative estimate of drug-likeness (QED) is 0.659. The standard InChI is InChI=1S/C15H13BrN2O3/c1-21-11-6-7-14(19)10(8-11)9-17-18-15(20)12-4-2-3-5-13(12)16/h2-9,19H,1H3,(H,18,20)/b17-9-. The van der Waals surface area contributed by atoms with E-state index in [2.05, 4.69) is 26.5 Å². The van der Waals surface area contributed by atoms with Gasteiger partial charge in [0.05, 0.1) is 18.9 Å². The number of carbonyl (C=O) groups is 1. The number of nitrogens with zero attached hydrogens (tertiary/aromatic N) is 1. The topological polar surface area (TPSA) is 70.9 Å². The first-order valence-electron chi connectivity index (χ1n) is 6.06. The smallest absolute Gasteiger partial charge is 0.272 e. The third-order valence-corrected chi connectivity index (χ3v) is 3.41. The van der Waals surface area contributed by atoms with Gasteiger partial charge in [-0.3, -0.25) is 4.79 Å². The number of rotatable bonds is 4. The first kappa shape index (κ1) is 15.1.